The van der Waals surface area contributed by atoms with Crippen LogP contribution < -0.4 is 0 Å². The zero-order chi connectivity index (χ0) is 10.3. The van der Waals surface area contributed by atoms with E-state index in [-0.39, 0.29) is 10.7 Å². The molecule has 0 unspecified atom stereocenters. The second-order valence-electron chi connectivity index (χ2n) is 2.81. The number of hydrogen-bond donors (Lipinski definition) is 2. The molecule has 0 saturated heterocycles. The molecule has 0 fully saturated rings. The van der Waals surface area contributed by atoms with Crippen molar-refractivity contribution in [3.05, 3.63) is 33.4 Å². The van der Waals surface area contributed by atoms with Crippen molar-refractivity contribution in [2.24, 2.45) is 0 Å². The van der Waals surface area contributed by atoms with E-state index < -0.39 is 5.97 Å². The number of aromatic nitrogens is 1. The Labute approximate surface area is 92.8 Å². The molecular weight excluding hydrogens is 269 g/mol. The predicted molar refractivity (Wildman–Crippen MR) is 58.0 cm³/mol. The minimum absolute atomic E-state index is 0.0276. The summed E-state index contributed by atoms with van der Waals surface area (Å²) < 4.78 is 0.864. The fraction of sp³-hybridized carbons (Fsp3) is 0. The second-order valence-corrected chi connectivity index (χ2v) is 4.10. The highest BCUT2D eigenvalue weighted by atomic mass is 79.9. The Morgan fingerprint density at radius 1 is 1.50 bits per heavy atom. The average Bonchev–Trinajstić information content (AvgIpc) is 2.44. The van der Waals surface area contributed by atoms with Gasteiger partial charge in [0.05, 0.1) is 5.02 Å². The smallest absolute Gasteiger partial charge is 0.353 e. The quantitative estimate of drug-likeness (QED) is 0.838. The molecule has 5 heteroatoms. The van der Waals surface area contributed by atoms with E-state index in [0.29, 0.717) is 5.39 Å². The van der Waals surface area contributed by atoms with Crippen molar-refractivity contribution in [1.29, 1.82) is 0 Å². The molecule has 0 amide bonds. The zero-order valence-electron chi connectivity index (χ0n) is 6.84. The highest BCUT2D eigenvalue weighted by Crippen LogP contribution is 2.29. The number of H-pyrrole nitrogens is 1. The summed E-state index contributed by atoms with van der Waals surface area (Å²) in [6.07, 6.45) is 0. The number of aromatic carboxylic acids is 1. The molecule has 0 aliphatic rings. The molecule has 0 atom stereocenters. The Hall–Kier alpha value is -1.000. The molecule has 2 aromatic rings. The molecule has 1 aromatic carbocycles. The molecule has 14 heavy (non-hydrogen) atoms. The Kier molecular flexibility index (Phi) is 2.25. The summed E-state index contributed by atoms with van der Waals surface area (Å²) in [5.74, 6) is -1.05. The van der Waals surface area contributed by atoms with Crippen molar-refractivity contribution in [1.82, 2.24) is 4.98 Å². The number of carbonyl (C=O) groups is 1. The molecule has 3 nitrogen and oxygen atoms in total. The van der Waals surface area contributed by atoms with Crippen LogP contribution in [0.15, 0.2) is 22.7 Å². The molecule has 0 aliphatic heterocycles. The molecule has 0 aliphatic carbocycles. The fourth-order valence-electron chi connectivity index (χ4n) is 1.28. The Morgan fingerprint density at radius 2 is 2.21 bits per heavy atom. The first-order chi connectivity index (χ1) is 6.59. The van der Waals surface area contributed by atoms with Gasteiger partial charge in [-0.15, -0.1) is 0 Å². The predicted octanol–water partition coefficient (Wildman–Crippen LogP) is 3.28. The van der Waals surface area contributed by atoms with Crippen molar-refractivity contribution in [2.75, 3.05) is 0 Å². The minimum atomic E-state index is -1.05. The zero-order valence-corrected chi connectivity index (χ0v) is 9.19. The van der Waals surface area contributed by atoms with Gasteiger partial charge in [-0.2, -0.15) is 0 Å². The summed E-state index contributed by atoms with van der Waals surface area (Å²) in [6, 6.07) is 5.37. The van der Waals surface area contributed by atoms with Crippen LogP contribution in [0.5, 0.6) is 0 Å². The van der Waals surface area contributed by atoms with Crippen LogP contribution in [0.2, 0.25) is 5.02 Å². The number of hydrogen-bond acceptors (Lipinski definition) is 1. The molecule has 2 rings (SSSR count). The molecule has 0 radical (unpaired) electrons. The Balaban J connectivity index is 2.80. The summed E-state index contributed by atoms with van der Waals surface area (Å²) in [7, 11) is 0. The van der Waals surface area contributed by atoms with E-state index in [2.05, 4.69) is 20.9 Å². The van der Waals surface area contributed by atoms with Crippen molar-refractivity contribution >= 4 is 44.4 Å². The lowest BCUT2D eigenvalue weighted by Gasteiger charge is -1.90. The van der Waals surface area contributed by atoms with E-state index >= 15 is 0 Å². The van der Waals surface area contributed by atoms with Gasteiger partial charge in [0.15, 0.2) is 0 Å². The van der Waals surface area contributed by atoms with Crippen LogP contribution in [0, 0.1) is 0 Å². The number of carboxylic acid groups (broad SMARTS) is 1. The lowest BCUT2D eigenvalue weighted by Crippen LogP contribution is -1.96. The van der Waals surface area contributed by atoms with E-state index in [1.807, 2.05) is 6.07 Å². The van der Waals surface area contributed by atoms with Gasteiger partial charge in [-0.3, -0.25) is 0 Å². The van der Waals surface area contributed by atoms with E-state index in [0.717, 1.165) is 9.99 Å². The monoisotopic (exact) mass is 273 g/mol. The van der Waals surface area contributed by atoms with E-state index in [1.54, 1.807) is 12.1 Å². The molecule has 0 saturated carbocycles. The van der Waals surface area contributed by atoms with Gasteiger partial charge >= 0.3 is 5.97 Å². The van der Waals surface area contributed by atoms with Crippen LogP contribution in [0.25, 0.3) is 10.9 Å². The summed E-state index contributed by atoms with van der Waals surface area (Å²) >= 11 is 9.18. The van der Waals surface area contributed by atoms with Crippen molar-refractivity contribution in [3.8, 4) is 0 Å². The van der Waals surface area contributed by atoms with E-state index in [9.17, 15) is 4.79 Å². The number of halogens is 2. The number of carboxylic acids is 1. The highest BCUT2D eigenvalue weighted by Gasteiger charge is 2.14. The SMILES string of the molecule is O=C(O)c1[nH]c2ccc(Br)cc2c1Cl. The van der Waals surface area contributed by atoms with Gasteiger partial charge in [0.25, 0.3) is 0 Å². The third kappa shape index (κ3) is 1.40. The summed E-state index contributed by atoms with van der Waals surface area (Å²) in [5.41, 5.74) is 0.746. The maximum absolute atomic E-state index is 10.7. The van der Waals surface area contributed by atoms with Crippen LogP contribution in [0.3, 0.4) is 0 Å². The summed E-state index contributed by atoms with van der Waals surface area (Å²) in [4.78, 5) is 13.5. The van der Waals surface area contributed by atoms with Crippen LogP contribution >= 0.6 is 27.5 Å². The second kappa shape index (κ2) is 3.29. The van der Waals surface area contributed by atoms with Gasteiger partial charge in [-0.1, -0.05) is 27.5 Å². The van der Waals surface area contributed by atoms with Crippen LogP contribution in [-0.2, 0) is 0 Å². The Morgan fingerprint density at radius 3 is 2.86 bits per heavy atom. The van der Waals surface area contributed by atoms with Crippen molar-refractivity contribution in [3.63, 3.8) is 0 Å². The van der Waals surface area contributed by atoms with Crippen molar-refractivity contribution < 1.29 is 9.90 Å². The van der Waals surface area contributed by atoms with Crippen LogP contribution in [0.1, 0.15) is 10.5 Å². The van der Waals surface area contributed by atoms with E-state index in [4.69, 9.17) is 16.7 Å². The molecule has 72 valence electrons. The topological polar surface area (TPSA) is 53.1 Å². The molecule has 1 heterocycles. The third-order valence-electron chi connectivity index (χ3n) is 1.91. The number of aromatic amines is 1. The van der Waals surface area contributed by atoms with E-state index in [1.165, 1.54) is 0 Å². The van der Waals surface area contributed by atoms with Gasteiger partial charge in [0.2, 0.25) is 0 Å². The normalized spacial score (nSPS) is 10.7. The van der Waals surface area contributed by atoms with Gasteiger partial charge in [-0.05, 0) is 18.2 Å². The van der Waals surface area contributed by atoms with Gasteiger partial charge in [0.1, 0.15) is 5.69 Å². The van der Waals surface area contributed by atoms with Gasteiger partial charge in [0, 0.05) is 15.4 Å². The van der Waals surface area contributed by atoms with Crippen molar-refractivity contribution in [2.45, 2.75) is 0 Å². The summed E-state index contributed by atoms with van der Waals surface area (Å²) in [5, 5.41) is 9.76. The number of rotatable bonds is 1. The standard InChI is InChI=1S/C9H5BrClNO2/c10-4-1-2-6-5(3-4)7(11)8(12-6)9(13)14/h1-3,12H,(H,13,14). The number of benzene rings is 1. The fourth-order valence-corrected chi connectivity index (χ4v) is 1.92. The summed E-state index contributed by atoms with van der Waals surface area (Å²) in [6.45, 7) is 0. The average molecular weight is 275 g/mol. The maximum atomic E-state index is 10.7. The Bertz CT molecular complexity index is 521. The number of fused-ring (bicyclic) bond motifs is 1. The lowest BCUT2D eigenvalue weighted by molar-refractivity contribution is 0.0692. The first-order valence-electron chi connectivity index (χ1n) is 3.79. The molecule has 2 N–H and O–H groups in total. The van der Waals surface area contributed by atoms with Crippen LogP contribution in [-0.4, -0.2) is 16.1 Å². The van der Waals surface area contributed by atoms with Crippen LogP contribution in [0.4, 0.5) is 0 Å². The van der Waals surface area contributed by atoms with Gasteiger partial charge in [-0.25, -0.2) is 4.79 Å². The molecule has 0 spiro atoms. The third-order valence-corrected chi connectivity index (χ3v) is 2.80. The minimum Gasteiger partial charge on any atom is -0.477 e. The lowest BCUT2D eigenvalue weighted by atomic mass is 10.2. The molecule has 0 bridgehead atoms. The maximum Gasteiger partial charge on any atom is 0.353 e. The number of nitrogens with one attached hydrogen (secondary N) is 1. The van der Waals surface area contributed by atoms with Gasteiger partial charge < -0.3 is 10.1 Å². The molecular formula is C9H5BrClNO2. The largest absolute Gasteiger partial charge is 0.477 e. The molecule has 1 aromatic heterocycles. The first-order valence-corrected chi connectivity index (χ1v) is 4.96. The first kappa shape index (κ1) is 9.55. The highest BCUT2D eigenvalue weighted by molar-refractivity contribution is 9.10.